The lowest BCUT2D eigenvalue weighted by Crippen LogP contribution is -2.03. The molecule has 0 aromatic carbocycles. The van der Waals surface area contributed by atoms with Crippen LogP contribution < -0.4 is 0 Å². The third-order valence-corrected chi connectivity index (χ3v) is 2.64. The van der Waals surface area contributed by atoms with Gasteiger partial charge in [-0.15, -0.1) is 0 Å². The number of carboxylic acid groups (broad SMARTS) is 1. The molecule has 1 heterocycles. The molecule has 0 radical (unpaired) electrons. The molecule has 1 atom stereocenters. The first kappa shape index (κ1) is 9.72. The third-order valence-electron chi connectivity index (χ3n) is 1.46. The molecule has 13 heavy (non-hydrogen) atoms. The molecule has 1 aromatic rings. The maximum Gasteiger partial charge on any atom is 0.356 e. The minimum absolute atomic E-state index is 0.116. The first-order valence-corrected chi connectivity index (χ1v) is 5.30. The zero-order valence-corrected chi connectivity index (χ0v) is 7.96. The fourth-order valence-electron chi connectivity index (χ4n) is 0.919. The van der Waals surface area contributed by atoms with Gasteiger partial charge in [0.05, 0.1) is 9.73 Å². The number of carboxylic acids is 1. The lowest BCUT2D eigenvalue weighted by Gasteiger charge is -1.98. The summed E-state index contributed by atoms with van der Waals surface area (Å²) in [6.45, 7) is 0. The molecule has 2 N–H and O–H groups in total. The maximum absolute atomic E-state index is 11.3. The standard InChI is InChI=1S/C6H9N3O3S/c1-9-5(13(2,7)12)3-4(8-9)6(10)11/h3,7H,1-2H3,(H,10,11). The number of nitrogens with zero attached hydrogens (tertiary/aromatic N) is 2. The first-order valence-electron chi connectivity index (χ1n) is 3.33. The Morgan fingerprint density at radius 3 is 2.54 bits per heavy atom. The number of aromatic nitrogens is 2. The van der Waals surface area contributed by atoms with E-state index in [1.807, 2.05) is 0 Å². The highest BCUT2D eigenvalue weighted by molar-refractivity contribution is 7.91. The van der Waals surface area contributed by atoms with E-state index < -0.39 is 15.7 Å². The number of hydrogen-bond donors (Lipinski definition) is 2. The Morgan fingerprint density at radius 1 is 1.77 bits per heavy atom. The molecule has 72 valence electrons. The Labute approximate surface area is 75.2 Å². The second kappa shape index (κ2) is 2.84. The van der Waals surface area contributed by atoms with Crippen LogP contribution in [0.25, 0.3) is 0 Å². The van der Waals surface area contributed by atoms with Crippen LogP contribution in [0.1, 0.15) is 10.5 Å². The second-order valence-electron chi connectivity index (χ2n) is 2.64. The van der Waals surface area contributed by atoms with Crippen LogP contribution in [0.4, 0.5) is 0 Å². The van der Waals surface area contributed by atoms with Gasteiger partial charge in [0.25, 0.3) is 0 Å². The largest absolute Gasteiger partial charge is 0.476 e. The monoisotopic (exact) mass is 203 g/mol. The fourth-order valence-corrected chi connectivity index (χ4v) is 1.80. The van der Waals surface area contributed by atoms with Crippen molar-refractivity contribution in [3.63, 3.8) is 0 Å². The summed E-state index contributed by atoms with van der Waals surface area (Å²) in [6.07, 6.45) is 1.22. The zero-order valence-electron chi connectivity index (χ0n) is 7.14. The summed E-state index contributed by atoms with van der Waals surface area (Å²) in [4.78, 5) is 10.5. The second-order valence-corrected chi connectivity index (χ2v) is 4.75. The topological polar surface area (TPSA) is 96.0 Å². The quantitative estimate of drug-likeness (QED) is 0.715. The number of hydrogen-bond acceptors (Lipinski definition) is 4. The van der Waals surface area contributed by atoms with Crippen LogP contribution in [0, 0.1) is 4.78 Å². The minimum Gasteiger partial charge on any atom is -0.476 e. The van der Waals surface area contributed by atoms with Gasteiger partial charge in [-0.3, -0.25) is 4.68 Å². The van der Waals surface area contributed by atoms with Crippen molar-refractivity contribution in [2.75, 3.05) is 6.26 Å². The van der Waals surface area contributed by atoms with E-state index in [0.29, 0.717) is 0 Å². The Hall–Kier alpha value is -1.37. The van der Waals surface area contributed by atoms with Gasteiger partial charge in [-0.25, -0.2) is 13.8 Å². The van der Waals surface area contributed by atoms with Gasteiger partial charge in [0.15, 0.2) is 5.69 Å². The number of rotatable bonds is 2. The molecule has 0 fully saturated rings. The minimum atomic E-state index is -2.91. The van der Waals surface area contributed by atoms with Crippen molar-refractivity contribution in [3.8, 4) is 0 Å². The normalized spacial score (nSPS) is 15.2. The van der Waals surface area contributed by atoms with E-state index >= 15 is 0 Å². The van der Waals surface area contributed by atoms with Gasteiger partial charge in [-0.05, 0) is 0 Å². The Bertz CT molecular complexity index is 446. The average Bonchev–Trinajstić information content (AvgIpc) is 2.29. The molecule has 1 rings (SSSR count). The predicted molar refractivity (Wildman–Crippen MR) is 45.2 cm³/mol. The predicted octanol–water partition coefficient (Wildman–Crippen LogP) is 0.154. The van der Waals surface area contributed by atoms with Crippen LogP contribution in [0.15, 0.2) is 11.1 Å². The highest BCUT2D eigenvalue weighted by Crippen LogP contribution is 2.10. The number of aryl methyl sites for hydroxylation is 1. The van der Waals surface area contributed by atoms with E-state index in [0.717, 1.165) is 10.7 Å². The Balaban J connectivity index is 3.35. The highest BCUT2D eigenvalue weighted by Gasteiger charge is 2.15. The fraction of sp³-hybridized carbons (Fsp3) is 0.333. The van der Waals surface area contributed by atoms with Crippen LogP contribution in [0.2, 0.25) is 0 Å². The van der Waals surface area contributed by atoms with Crippen molar-refractivity contribution in [3.05, 3.63) is 11.8 Å². The summed E-state index contributed by atoms with van der Waals surface area (Å²) in [6, 6.07) is 1.15. The summed E-state index contributed by atoms with van der Waals surface area (Å²) in [5.41, 5.74) is -0.195. The molecular formula is C6H9N3O3S. The van der Waals surface area contributed by atoms with E-state index in [4.69, 9.17) is 9.89 Å². The lowest BCUT2D eigenvalue weighted by atomic mass is 10.4. The molecular weight excluding hydrogens is 194 g/mol. The SMILES string of the molecule is Cn1nc(C(=O)O)cc1S(C)(=N)=O. The van der Waals surface area contributed by atoms with E-state index in [9.17, 15) is 9.00 Å². The van der Waals surface area contributed by atoms with Gasteiger partial charge in [0, 0.05) is 19.4 Å². The van der Waals surface area contributed by atoms with Crippen molar-refractivity contribution in [1.29, 1.82) is 4.78 Å². The Kier molecular flexibility index (Phi) is 2.12. The van der Waals surface area contributed by atoms with Crippen molar-refractivity contribution in [1.82, 2.24) is 9.78 Å². The number of nitrogens with one attached hydrogen (secondary N) is 1. The molecule has 0 bridgehead atoms. The van der Waals surface area contributed by atoms with Crippen LogP contribution in [-0.4, -0.2) is 31.3 Å². The summed E-state index contributed by atoms with van der Waals surface area (Å²) < 4.78 is 19.7. The molecule has 0 saturated heterocycles. The van der Waals surface area contributed by atoms with Gasteiger partial charge in [-0.1, -0.05) is 0 Å². The molecule has 0 aliphatic rings. The molecule has 7 heteroatoms. The van der Waals surface area contributed by atoms with Crippen LogP contribution in [0.5, 0.6) is 0 Å². The van der Waals surface area contributed by atoms with Crippen molar-refractivity contribution < 1.29 is 14.1 Å². The molecule has 6 nitrogen and oxygen atoms in total. The van der Waals surface area contributed by atoms with Gasteiger partial charge in [0.2, 0.25) is 0 Å². The highest BCUT2D eigenvalue weighted by atomic mass is 32.2. The molecule has 0 amide bonds. The maximum atomic E-state index is 11.3. The molecule has 0 spiro atoms. The molecule has 0 saturated carbocycles. The summed E-state index contributed by atoms with van der Waals surface area (Å²) in [5.74, 6) is -1.19. The number of aromatic carboxylic acids is 1. The molecule has 0 aliphatic carbocycles. The van der Waals surface area contributed by atoms with E-state index in [1.54, 1.807) is 0 Å². The third kappa shape index (κ3) is 1.86. The molecule has 1 aromatic heterocycles. The smallest absolute Gasteiger partial charge is 0.356 e. The summed E-state index contributed by atoms with van der Waals surface area (Å²) in [7, 11) is -1.45. The van der Waals surface area contributed by atoms with Crippen molar-refractivity contribution in [2.45, 2.75) is 5.03 Å². The summed E-state index contributed by atoms with van der Waals surface area (Å²) in [5, 5.41) is 12.3. The van der Waals surface area contributed by atoms with Crippen molar-refractivity contribution >= 4 is 15.7 Å². The van der Waals surface area contributed by atoms with Crippen LogP contribution in [0.3, 0.4) is 0 Å². The van der Waals surface area contributed by atoms with Gasteiger partial charge >= 0.3 is 5.97 Å². The van der Waals surface area contributed by atoms with Gasteiger partial charge in [-0.2, -0.15) is 5.10 Å². The van der Waals surface area contributed by atoms with E-state index in [1.165, 1.54) is 13.3 Å². The van der Waals surface area contributed by atoms with E-state index in [-0.39, 0.29) is 10.7 Å². The van der Waals surface area contributed by atoms with E-state index in [2.05, 4.69) is 5.10 Å². The van der Waals surface area contributed by atoms with Crippen LogP contribution >= 0.6 is 0 Å². The van der Waals surface area contributed by atoms with Gasteiger partial charge < -0.3 is 5.11 Å². The average molecular weight is 203 g/mol. The molecule has 0 aliphatic heterocycles. The number of carbonyl (C=O) groups is 1. The summed E-state index contributed by atoms with van der Waals surface area (Å²) >= 11 is 0. The zero-order chi connectivity index (χ0) is 10.2. The van der Waals surface area contributed by atoms with Gasteiger partial charge in [0.1, 0.15) is 5.03 Å². The Morgan fingerprint density at radius 2 is 2.31 bits per heavy atom. The van der Waals surface area contributed by atoms with Crippen LogP contribution in [-0.2, 0) is 16.8 Å². The first-order chi connectivity index (χ1) is 5.82. The van der Waals surface area contributed by atoms with Crippen molar-refractivity contribution in [2.24, 2.45) is 7.05 Å². The molecule has 1 unspecified atom stereocenters. The lowest BCUT2D eigenvalue weighted by molar-refractivity contribution is 0.0689.